The van der Waals surface area contributed by atoms with E-state index in [0.29, 0.717) is 6.04 Å². The molecular formula is C14H18BrN. The molecule has 1 heterocycles. The Balaban J connectivity index is 1.89. The number of fused-ring (bicyclic) bond motifs is 1. The molecule has 1 nitrogen and oxygen atoms in total. The third kappa shape index (κ3) is 1.82. The van der Waals surface area contributed by atoms with Crippen molar-refractivity contribution in [2.75, 3.05) is 13.1 Å². The standard InChI is InChI=1S/C14H18BrN/c15-12-6-4-5-11-7-8-13(14(11)12)16-9-2-1-3-10-16/h4-6,13H,1-3,7-10H2. The van der Waals surface area contributed by atoms with Crippen LogP contribution in [0, 0.1) is 0 Å². The molecule has 1 fully saturated rings. The molecule has 1 aromatic rings. The monoisotopic (exact) mass is 279 g/mol. The molecule has 0 bridgehead atoms. The Hall–Kier alpha value is -0.340. The van der Waals surface area contributed by atoms with Crippen LogP contribution in [0.2, 0.25) is 0 Å². The Bertz CT molecular complexity index is 382. The quantitative estimate of drug-likeness (QED) is 0.753. The van der Waals surface area contributed by atoms with Gasteiger partial charge in [-0.15, -0.1) is 0 Å². The second-order valence-electron chi connectivity index (χ2n) is 4.96. The molecule has 16 heavy (non-hydrogen) atoms. The number of hydrogen-bond donors (Lipinski definition) is 0. The van der Waals surface area contributed by atoms with Crippen molar-refractivity contribution in [2.24, 2.45) is 0 Å². The predicted octanol–water partition coefficient (Wildman–Crippen LogP) is 3.92. The molecule has 86 valence electrons. The van der Waals surface area contributed by atoms with Crippen LogP contribution in [0.4, 0.5) is 0 Å². The normalized spacial score (nSPS) is 25.7. The highest BCUT2D eigenvalue weighted by atomic mass is 79.9. The van der Waals surface area contributed by atoms with Gasteiger partial charge in [-0.3, -0.25) is 4.90 Å². The lowest BCUT2D eigenvalue weighted by atomic mass is 10.0. The van der Waals surface area contributed by atoms with Crippen molar-refractivity contribution in [3.63, 3.8) is 0 Å². The molecule has 1 saturated heterocycles. The van der Waals surface area contributed by atoms with Gasteiger partial charge in [0, 0.05) is 10.5 Å². The molecule has 0 saturated carbocycles. The molecule has 0 amide bonds. The zero-order valence-electron chi connectivity index (χ0n) is 9.58. The highest BCUT2D eigenvalue weighted by Crippen LogP contribution is 2.40. The van der Waals surface area contributed by atoms with Gasteiger partial charge in [0.05, 0.1) is 0 Å². The highest BCUT2D eigenvalue weighted by Gasteiger charge is 2.30. The summed E-state index contributed by atoms with van der Waals surface area (Å²) in [6.45, 7) is 2.59. The van der Waals surface area contributed by atoms with Crippen molar-refractivity contribution < 1.29 is 0 Å². The Kier molecular flexibility index (Phi) is 3.03. The van der Waals surface area contributed by atoms with Gasteiger partial charge < -0.3 is 0 Å². The van der Waals surface area contributed by atoms with E-state index in [4.69, 9.17) is 0 Å². The summed E-state index contributed by atoms with van der Waals surface area (Å²) in [6.07, 6.45) is 6.77. The van der Waals surface area contributed by atoms with Crippen molar-refractivity contribution in [3.05, 3.63) is 33.8 Å². The Morgan fingerprint density at radius 1 is 1.12 bits per heavy atom. The van der Waals surface area contributed by atoms with Gasteiger partial charge in [0.25, 0.3) is 0 Å². The molecule has 3 rings (SSSR count). The van der Waals surface area contributed by atoms with Gasteiger partial charge >= 0.3 is 0 Å². The number of piperidine rings is 1. The smallest absolute Gasteiger partial charge is 0.0365 e. The van der Waals surface area contributed by atoms with Crippen LogP contribution in [0.25, 0.3) is 0 Å². The van der Waals surface area contributed by atoms with E-state index in [1.807, 2.05) is 0 Å². The van der Waals surface area contributed by atoms with Crippen molar-refractivity contribution in [2.45, 2.75) is 38.1 Å². The maximum atomic E-state index is 3.73. The molecule has 1 aromatic carbocycles. The Labute approximate surface area is 106 Å². The van der Waals surface area contributed by atoms with E-state index in [2.05, 4.69) is 39.0 Å². The van der Waals surface area contributed by atoms with Crippen LogP contribution in [0.15, 0.2) is 22.7 Å². The lowest BCUT2D eigenvalue weighted by Crippen LogP contribution is -2.32. The summed E-state index contributed by atoms with van der Waals surface area (Å²) in [5, 5.41) is 0. The molecule has 1 aliphatic heterocycles. The minimum atomic E-state index is 0.686. The number of halogens is 1. The lowest BCUT2D eigenvalue weighted by Gasteiger charge is -2.33. The average Bonchev–Trinajstić information content (AvgIpc) is 2.75. The molecule has 0 radical (unpaired) electrons. The van der Waals surface area contributed by atoms with Crippen LogP contribution in [-0.4, -0.2) is 18.0 Å². The summed E-state index contributed by atoms with van der Waals surface area (Å²) in [5.74, 6) is 0. The fraction of sp³-hybridized carbons (Fsp3) is 0.571. The van der Waals surface area contributed by atoms with Crippen molar-refractivity contribution >= 4 is 15.9 Å². The third-order valence-electron chi connectivity index (χ3n) is 3.99. The van der Waals surface area contributed by atoms with Gasteiger partial charge in [0.1, 0.15) is 0 Å². The van der Waals surface area contributed by atoms with Crippen LogP contribution in [0.1, 0.15) is 42.9 Å². The molecule has 0 aromatic heterocycles. The first-order valence-corrected chi connectivity index (χ1v) is 7.17. The fourth-order valence-corrected chi connectivity index (χ4v) is 3.88. The molecule has 0 N–H and O–H groups in total. The largest absolute Gasteiger partial charge is 0.296 e. The fourth-order valence-electron chi connectivity index (χ4n) is 3.20. The summed E-state index contributed by atoms with van der Waals surface area (Å²) in [5.41, 5.74) is 3.13. The third-order valence-corrected chi connectivity index (χ3v) is 4.69. The number of nitrogens with zero attached hydrogens (tertiary/aromatic N) is 1. The number of rotatable bonds is 1. The Morgan fingerprint density at radius 2 is 1.94 bits per heavy atom. The van der Waals surface area contributed by atoms with E-state index < -0.39 is 0 Å². The van der Waals surface area contributed by atoms with E-state index in [0.717, 1.165) is 0 Å². The SMILES string of the molecule is Brc1cccc2c1C(N1CCCCC1)CC2. The van der Waals surface area contributed by atoms with Gasteiger partial charge in [0.2, 0.25) is 0 Å². The maximum absolute atomic E-state index is 3.73. The van der Waals surface area contributed by atoms with Gasteiger partial charge in [-0.1, -0.05) is 34.5 Å². The zero-order chi connectivity index (χ0) is 11.0. The van der Waals surface area contributed by atoms with E-state index in [-0.39, 0.29) is 0 Å². The Morgan fingerprint density at radius 3 is 2.75 bits per heavy atom. The van der Waals surface area contributed by atoms with Gasteiger partial charge in [-0.05, 0) is 56.0 Å². The van der Waals surface area contributed by atoms with Crippen molar-refractivity contribution in [1.29, 1.82) is 0 Å². The van der Waals surface area contributed by atoms with Crippen LogP contribution in [0.5, 0.6) is 0 Å². The molecule has 1 unspecified atom stereocenters. The second kappa shape index (κ2) is 4.50. The summed E-state index contributed by atoms with van der Waals surface area (Å²) < 4.78 is 1.32. The van der Waals surface area contributed by atoms with Crippen LogP contribution in [-0.2, 0) is 6.42 Å². The number of hydrogen-bond acceptors (Lipinski definition) is 1. The maximum Gasteiger partial charge on any atom is 0.0365 e. The molecule has 1 aliphatic carbocycles. The van der Waals surface area contributed by atoms with E-state index in [9.17, 15) is 0 Å². The van der Waals surface area contributed by atoms with Gasteiger partial charge in [-0.25, -0.2) is 0 Å². The minimum absolute atomic E-state index is 0.686. The minimum Gasteiger partial charge on any atom is -0.296 e. The number of likely N-dealkylation sites (tertiary alicyclic amines) is 1. The van der Waals surface area contributed by atoms with Crippen LogP contribution in [0.3, 0.4) is 0 Å². The van der Waals surface area contributed by atoms with Crippen molar-refractivity contribution in [1.82, 2.24) is 4.90 Å². The first kappa shape index (κ1) is 10.8. The molecule has 2 aliphatic rings. The lowest BCUT2D eigenvalue weighted by molar-refractivity contribution is 0.163. The first-order valence-electron chi connectivity index (χ1n) is 6.37. The number of aryl methyl sites for hydroxylation is 1. The van der Waals surface area contributed by atoms with Crippen LogP contribution < -0.4 is 0 Å². The highest BCUT2D eigenvalue weighted by molar-refractivity contribution is 9.10. The van der Waals surface area contributed by atoms with E-state index in [1.165, 1.54) is 49.7 Å². The molecule has 2 heteroatoms. The van der Waals surface area contributed by atoms with Gasteiger partial charge in [0.15, 0.2) is 0 Å². The summed E-state index contributed by atoms with van der Waals surface area (Å²) in [6, 6.07) is 7.35. The van der Waals surface area contributed by atoms with Crippen molar-refractivity contribution in [3.8, 4) is 0 Å². The first-order chi connectivity index (χ1) is 7.86. The van der Waals surface area contributed by atoms with E-state index >= 15 is 0 Å². The van der Waals surface area contributed by atoms with Crippen LogP contribution >= 0.6 is 15.9 Å². The average molecular weight is 280 g/mol. The summed E-state index contributed by atoms with van der Waals surface area (Å²) in [4.78, 5) is 2.69. The zero-order valence-corrected chi connectivity index (χ0v) is 11.2. The van der Waals surface area contributed by atoms with Gasteiger partial charge in [-0.2, -0.15) is 0 Å². The molecular weight excluding hydrogens is 262 g/mol. The number of benzene rings is 1. The topological polar surface area (TPSA) is 3.24 Å². The summed E-state index contributed by atoms with van der Waals surface area (Å²) >= 11 is 3.73. The summed E-state index contributed by atoms with van der Waals surface area (Å²) in [7, 11) is 0. The predicted molar refractivity (Wildman–Crippen MR) is 70.6 cm³/mol. The van der Waals surface area contributed by atoms with E-state index in [1.54, 1.807) is 11.1 Å². The molecule has 0 spiro atoms. The molecule has 1 atom stereocenters. The second-order valence-corrected chi connectivity index (χ2v) is 5.82.